The van der Waals surface area contributed by atoms with Gasteiger partial charge in [0.05, 0.1) is 0 Å². The first-order chi connectivity index (χ1) is 15.1. The summed E-state index contributed by atoms with van der Waals surface area (Å²) in [5.74, 6) is 4.37. The highest BCUT2D eigenvalue weighted by Crippen LogP contribution is 2.68. The number of nitro groups is 1. The van der Waals surface area contributed by atoms with Crippen molar-refractivity contribution >= 4 is 5.78 Å². The Bertz CT molecular complexity index is 719. The van der Waals surface area contributed by atoms with E-state index in [2.05, 4.69) is 34.6 Å². The normalized spacial score (nSPS) is 45.0. The van der Waals surface area contributed by atoms with E-state index in [-0.39, 0.29) is 22.0 Å². The molecule has 32 heavy (non-hydrogen) atoms. The molecule has 0 aromatic carbocycles. The molecule has 0 bridgehead atoms. The SMILES string of the molecule is CC(C)CCC[C@@H](C)[C@H]1CC[C@H]2[C@@H]3CC[C@H]4[C@H]([N+](=O)[O-])C(=O)CCC[C@]4(C)[C@H]3CC[C@]12C. The van der Waals surface area contributed by atoms with Gasteiger partial charge in [-0.05, 0) is 97.7 Å². The van der Waals surface area contributed by atoms with Crippen molar-refractivity contribution in [2.24, 2.45) is 52.3 Å². The van der Waals surface area contributed by atoms with Gasteiger partial charge in [0, 0.05) is 17.3 Å². The molecule has 4 aliphatic rings. The van der Waals surface area contributed by atoms with E-state index in [1.807, 2.05) is 0 Å². The lowest BCUT2D eigenvalue weighted by Gasteiger charge is -2.59. The number of rotatable bonds is 6. The third-order valence-corrected chi connectivity index (χ3v) is 11.2. The Labute approximate surface area is 195 Å². The minimum Gasteiger partial charge on any atom is -0.292 e. The van der Waals surface area contributed by atoms with Crippen LogP contribution in [0.3, 0.4) is 0 Å². The van der Waals surface area contributed by atoms with Crippen molar-refractivity contribution in [2.75, 3.05) is 0 Å². The van der Waals surface area contributed by atoms with E-state index in [0.29, 0.717) is 23.7 Å². The first-order valence-electron chi connectivity index (χ1n) is 13.8. The molecule has 4 saturated carbocycles. The fourth-order valence-corrected chi connectivity index (χ4v) is 9.68. The molecular weight excluding hydrogens is 398 g/mol. The molecule has 4 aliphatic carbocycles. The maximum atomic E-state index is 12.7. The predicted molar refractivity (Wildman–Crippen MR) is 129 cm³/mol. The van der Waals surface area contributed by atoms with E-state index < -0.39 is 6.04 Å². The maximum Gasteiger partial charge on any atom is 0.273 e. The van der Waals surface area contributed by atoms with Crippen LogP contribution in [0.1, 0.15) is 112 Å². The van der Waals surface area contributed by atoms with Gasteiger partial charge in [-0.3, -0.25) is 14.9 Å². The highest BCUT2D eigenvalue weighted by atomic mass is 16.6. The van der Waals surface area contributed by atoms with Crippen LogP contribution in [0, 0.1) is 62.4 Å². The zero-order valence-electron chi connectivity index (χ0n) is 21.3. The van der Waals surface area contributed by atoms with Crippen LogP contribution in [0.2, 0.25) is 0 Å². The van der Waals surface area contributed by atoms with Crippen LogP contribution in [0.5, 0.6) is 0 Å². The monoisotopic (exact) mass is 445 g/mol. The molecule has 0 N–H and O–H groups in total. The summed E-state index contributed by atoms with van der Waals surface area (Å²) in [6, 6.07) is -0.950. The van der Waals surface area contributed by atoms with Gasteiger partial charge in [0.2, 0.25) is 5.78 Å². The van der Waals surface area contributed by atoms with E-state index in [9.17, 15) is 14.9 Å². The Kier molecular flexibility index (Phi) is 6.82. The zero-order chi connectivity index (χ0) is 23.3. The Morgan fingerprint density at radius 3 is 2.31 bits per heavy atom. The number of nitrogens with zero attached hydrogens (tertiary/aromatic N) is 1. The van der Waals surface area contributed by atoms with Gasteiger partial charge in [-0.25, -0.2) is 0 Å². The molecular formula is C28H47NO3. The van der Waals surface area contributed by atoms with E-state index >= 15 is 0 Å². The van der Waals surface area contributed by atoms with E-state index in [0.717, 1.165) is 49.4 Å². The summed E-state index contributed by atoms with van der Waals surface area (Å²) < 4.78 is 0. The van der Waals surface area contributed by atoms with Crippen molar-refractivity contribution in [1.82, 2.24) is 0 Å². The molecule has 182 valence electrons. The number of hydrogen-bond donors (Lipinski definition) is 0. The molecule has 4 fully saturated rings. The minimum atomic E-state index is -0.950. The first-order valence-corrected chi connectivity index (χ1v) is 13.8. The zero-order valence-corrected chi connectivity index (χ0v) is 21.3. The number of carbonyl (C=O) groups is 1. The molecule has 4 heteroatoms. The second-order valence-corrected chi connectivity index (χ2v) is 13.1. The van der Waals surface area contributed by atoms with Gasteiger partial charge < -0.3 is 0 Å². The van der Waals surface area contributed by atoms with Gasteiger partial charge >= 0.3 is 0 Å². The third kappa shape index (κ3) is 3.96. The van der Waals surface area contributed by atoms with Crippen LogP contribution in [0.25, 0.3) is 0 Å². The number of carbonyl (C=O) groups excluding carboxylic acids is 1. The second kappa shape index (κ2) is 9.02. The quantitative estimate of drug-likeness (QED) is 0.318. The summed E-state index contributed by atoms with van der Waals surface area (Å²) in [5.41, 5.74) is 0.416. The first kappa shape index (κ1) is 24.2. The highest BCUT2D eigenvalue weighted by Gasteiger charge is 2.63. The standard InChI is InChI=1S/C28H47NO3/c1-18(2)8-6-9-19(3)21-13-14-22-20-11-12-24-26(29(31)32)25(30)10-7-16-27(24,4)23(20)15-17-28(21,22)5/h18-24,26H,6-17H2,1-5H3/t19-,20+,21-,22+,23+,24+,26+,27-,28-/m1/s1. The van der Waals surface area contributed by atoms with Crippen LogP contribution >= 0.6 is 0 Å². The van der Waals surface area contributed by atoms with Crippen LogP contribution < -0.4 is 0 Å². The molecule has 0 aromatic rings. The van der Waals surface area contributed by atoms with Gasteiger partial charge in [0.1, 0.15) is 0 Å². The molecule has 0 spiro atoms. The van der Waals surface area contributed by atoms with Gasteiger partial charge in [-0.2, -0.15) is 0 Å². The van der Waals surface area contributed by atoms with Crippen LogP contribution in [-0.2, 0) is 4.79 Å². The van der Waals surface area contributed by atoms with Crippen molar-refractivity contribution in [1.29, 1.82) is 0 Å². The lowest BCUT2D eigenvalue weighted by atomic mass is 9.45. The largest absolute Gasteiger partial charge is 0.292 e. The van der Waals surface area contributed by atoms with E-state index in [1.165, 1.54) is 44.9 Å². The summed E-state index contributed by atoms with van der Waals surface area (Å²) >= 11 is 0. The van der Waals surface area contributed by atoms with Crippen molar-refractivity contribution in [3.05, 3.63) is 10.1 Å². The molecule has 0 heterocycles. The molecule has 0 aromatic heterocycles. The Balaban J connectivity index is 1.53. The number of Topliss-reactive ketones (excluding diaryl/α,β-unsaturated/α-hetero) is 1. The molecule has 4 rings (SSSR count). The Hall–Kier alpha value is -0.930. The molecule has 0 unspecified atom stereocenters. The summed E-state index contributed by atoms with van der Waals surface area (Å²) in [6.07, 6.45) is 13.6. The average Bonchev–Trinajstić information content (AvgIpc) is 2.99. The Morgan fingerprint density at radius 1 is 0.938 bits per heavy atom. The fourth-order valence-electron chi connectivity index (χ4n) is 9.68. The van der Waals surface area contributed by atoms with Crippen molar-refractivity contribution < 1.29 is 9.72 Å². The second-order valence-electron chi connectivity index (χ2n) is 13.1. The van der Waals surface area contributed by atoms with Gasteiger partial charge in [0.25, 0.3) is 6.04 Å². The van der Waals surface area contributed by atoms with Crippen molar-refractivity contribution in [3.8, 4) is 0 Å². The molecule has 0 radical (unpaired) electrons. The van der Waals surface area contributed by atoms with Gasteiger partial charge in [0.15, 0.2) is 0 Å². The molecule has 0 aliphatic heterocycles. The number of hydrogen-bond acceptors (Lipinski definition) is 3. The summed E-state index contributed by atoms with van der Waals surface area (Å²) in [7, 11) is 0. The van der Waals surface area contributed by atoms with Crippen molar-refractivity contribution in [3.63, 3.8) is 0 Å². The third-order valence-electron chi connectivity index (χ3n) is 11.2. The molecule has 0 saturated heterocycles. The topological polar surface area (TPSA) is 60.2 Å². The Morgan fingerprint density at radius 2 is 1.62 bits per heavy atom. The lowest BCUT2D eigenvalue weighted by molar-refractivity contribution is -0.522. The van der Waals surface area contributed by atoms with Gasteiger partial charge in [-0.15, -0.1) is 0 Å². The number of ketones is 1. The molecule has 0 amide bonds. The summed E-state index contributed by atoms with van der Waals surface area (Å²) in [6.45, 7) is 12.1. The minimum absolute atomic E-state index is 0.0326. The number of fused-ring (bicyclic) bond motifs is 5. The average molecular weight is 446 g/mol. The summed E-state index contributed by atoms with van der Waals surface area (Å²) in [4.78, 5) is 24.4. The maximum absolute atomic E-state index is 12.7. The predicted octanol–water partition coefficient (Wildman–Crippen LogP) is 7.32. The van der Waals surface area contributed by atoms with Gasteiger partial charge in [-0.1, -0.05) is 53.9 Å². The van der Waals surface area contributed by atoms with E-state index in [1.54, 1.807) is 0 Å². The van der Waals surface area contributed by atoms with Crippen LogP contribution in [0.4, 0.5) is 0 Å². The van der Waals surface area contributed by atoms with Crippen LogP contribution in [-0.4, -0.2) is 16.7 Å². The van der Waals surface area contributed by atoms with Crippen LogP contribution in [0.15, 0.2) is 0 Å². The molecule has 4 nitrogen and oxygen atoms in total. The molecule has 9 atom stereocenters. The fraction of sp³-hybridized carbons (Fsp3) is 0.964. The van der Waals surface area contributed by atoms with Crippen molar-refractivity contribution in [2.45, 2.75) is 118 Å². The van der Waals surface area contributed by atoms with E-state index in [4.69, 9.17) is 0 Å². The lowest BCUT2D eigenvalue weighted by Crippen LogP contribution is -2.55. The highest BCUT2D eigenvalue weighted by molar-refractivity contribution is 5.83. The summed E-state index contributed by atoms with van der Waals surface area (Å²) in [5, 5.41) is 11.9. The smallest absolute Gasteiger partial charge is 0.273 e.